The number of carbonyl (C=O) groups is 1. The first-order valence-corrected chi connectivity index (χ1v) is 21.6. The minimum Gasteiger partial charge on any atom is -0.463 e. The van der Waals surface area contributed by atoms with E-state index in [0.29, 0.717) is 51.3 Å². The van der Waals surface area contributed by atoms with Crippen molar-refractivity contribution in [3.8, 4) is 0 Å². The Labute approximate surface area is 320 Å². The van der Waals surface area contributed by atoms with E-state index in [4.69, 9.17) is 18.9 Å². The molecular formula is C43H51N2O7PS. The number of sulfonamides is 1. The van der Waals surface area contributed by atoms with E-state index in [0.717, 1.165) is 11.1 Å². The number of carbonyl (C=O) groups excluding carboxylic acids is 1. The second kappa shape index (κ2) is 21.0. The molecule has 5 aromatic carbocycles. The Hall–Kier alpha value is -4.28. The van der Waals surface area contributed by atoms with Gasteiger partial charge in [0.05, 0.1) is 44.5 Å². The third kappa shape index (κ3) is 11.1. The maximum atomic E-state index is 13.1. The molecule has 286 valence electrons. The fourth-order valence-corrected chi connectivity index (χ4v) is 11.4. The summed E-state index contributed by atoms with van der Waals surface area (Å²) < 4.78 is 51.4. The van der Waals surface area contributed by atoms with Crippen LogP contribution in [0.5, 0.6) is 0 Å². The van der Waals surface area contributed by atoms with E-state index in [1.54, 1.807) is 12.1 Å². The van der Waals surface area contributed by atoms with E-state index < -0.39 is 16.9 Å². The number of anilines is 1. The van der Waals surface area contributed by atoms with Crippen molar-refractivity contribution in [3.05, 3.63) is 127 Å². The van der Waals surface area contributed by atoms with Gasteiger partial charge in [0.25, 0.3) is 0 Å². The van der Waals surface area contributed by atoms with Crippen molar-refractivity contribution < 1.29 is 32.2 Å². The molecule has 0 amide bonds. The summed E-state index contributed by atoms with van der Waals surface area (Å²) in [4.78, 5) is 14.4. The number of nitrogens with zero attached hydrogens (tertiary/aromatic N) is 1. The van der Waals surface area contributed by atoms with Gasteiger partial charge in [-0.1, -0.05) is 115 Å². The molecule has 11 heteroatoms. The Morgan fingerprint density at radius 1 is 0.630 bits per heavy atom. The minimum absolute atomic E-state index is 0.148. The summed E-state index contributed by atoms with van der Waals surface area (Å²) in [6.45, 7) is 0.751. The van der Waals surface area contributed by atoms with Crippen molar-refractivity contribution in [2.24, 2.45) is 0 Å². The molecule has 0 bridgehead atoms. The molecular weight excluding hydrogens is 720 g/mol. The molecule has 5 rings (SSSR count). The topological polar surface area (TPSA) is 103 Å². The van der Waals surface area contributed by atoms with Crippen LogP contribution in [0.2, 0.25) is 0 Å². The molecule has 0 aliphatic rings. The predicted molar refractivity (Wildman–Crippen MR) is 222 cm³/mol. The van der Waals surface area contributed by atoms with Gasteiger partial charge < -0.3 is 23.8 Å². The number of ether oxygens (including phenoxy) is 4. The molecule has 0 saturated carbocycles. The summed E-state index contributed by atoms with van der Waals surface area (Å²) in [6, 6.07) is 42.9. The van der Waals surface area contributed by atoms with Gasteiger partial charge >= 0.3 is 5.97 Å². The largest absolute Gasteiger partial charge is 0.463 e. The molecule has 0 unspecified atom stereocenters. The monoisotopic (exact) mass is 770 g/mol. The zero-order chi connectivity index (χ0) is 38.1. The first-order valence-electron chi connectivity index (χ1n) is 18.3. The SMILES string of the molecule is CN(C)c1cccc2c(S(=O)(=O)NCCCCC(=O)OCCOCCOCCOCC=P(c3ccccc3)(c3ccccc3)c3ccccc3)cccc12. The maximum absolute atomic E-state index is 13.1. The van der Waals surface area contributed by atoms with Crippen LogP contribution in [0.4, 0.5) is 5.69 Å². The van der Waals surface area contributed by atoms with E-state index >= 15 is 0 Å². The van der Waals surface area contributed by atoms with Crippen molar-refractivity contribution >= 4 is 61.0 Å². The lowest BCUT2D eigenvalue weighted by Gasteiger charge is -2.28. The molecule has 0 saturated heterocycles. The van der Waals surface area contributed by atoms with E-state index in [9.17, 15) is 13.2 Å². The van der Waals surface area contributed by atoms with Crippen LogP contribution in [0.3, 0.4) is 0 Å². The highest BCUT2D eigenvalue weighted by molar-refractivity contribution is 7.94. The first kappa shape index (κ1) is 40.9. The highest BCUT2D eigenvalue weighted by atomic mass is 32.2. The lowest BCUT2D eigenvalue weighted by molar-refractivity contribution is -0.145. The fourth-order valence-electron chi connectivity index (χ4n) is 6.29. The highest BCUT2D eigenvalue weighted by Crippen LogP contribution is 2.43. The first-order chi connectivity index (χ1) is 26.3. The third-order valence-corrected chi connectivity index (χ3v) is 14.5. The lowest BCUT2D eigenvalue weighted by Crippen LogP contribution is -2.28. The molecule has 0 fully saturated rings. The number of hydrogen-bond donors (Lipinski definition) is 1. The molecule has 0 atom stereocenters. The average Bonchev–Trinajstić information content (AvgIpc) is 3.20. The van der Waals surface area contributed by atoms with Gasteiger partial charge in [-0.15, -0.1) is 0 Å². The second-order valence-corrected chi connectivity index (χ2v) is 17.9. The lowest BCUT2D eigenvalue weighted by atomic mass is 10.1. The van der Waals surface area contributed by atoms with Crippen molar-refractivity contribution in [3.63, 3.8) is 0 Å². The summed E-state index contributed by atoms with van der Waals surface area (Å²) in [5, 5.41) is 5.38. The zero-order valence-electron chi connectivity index (χ0n) is 31.1. The normalized spacial score (nSPS) is 11.7. The molecule has 0 spiro atoms. The average molecular weight is 771 g/mol. The predicted octanol–water partition coefficient (Wildman–Crippen LogP) is 5.74. The van der Waals surface area contributed by atoms with Crippen molar-refractivity contribution in [1.29, 1.82) is 0 Å². The van der Waals surface area contributed by atoms with E-state index in [1.807, 2.05) is 61.5 Å². The zero-order valence-corrected chi connectivity index (χ0v) is 32.9. The number of rotatable bonds is 22. The van der Waals surface area contributed by atoms with Gasteiger partial charge in [-0.3, -0.25) is 4.79 Å². The van der Waals surface area contributed by atoms with E-state index in [-0.39, 0.29) is 37.0 Å². The van der Waals surface area contributed by atoms with Gasteiger partial charge in [0.15, 0.2) is 0 Å². The molecule has 0 aliphatic heterocycles. The highest BCUT2D eigenvalue weighted by Gasteiger charge is 2.24. The minimum atomic E-state index is -3.72. The Morgan fingerprint density at radius 3 is 1.72 bits per heavy atom. The second-order valence-electron chi connectivity index (χ2n) is 12.8. The van der Waals surface area contributed by atoms with Crippen molar-refractivity contribution in [2.75, 3.05) is 71.8 Å². The van der Waals surface area contributed by atoms with Crippen molar-refractivity contribution in [1.82, 2.24) is 4.72 Å². The van der Waals surface area contributed by atoms with E-state index in [1.165, 1.54) is 15.9 Å². The number of benzene rings is 5. The number of fused-ring (bicyclic) bond motifs is 1. The summed E-state index contributed by atoms with van der Waals surface area (Å²) in [7, 11) is 0.138. The van der Waals surface area contributed by atoms with Gasteiger partial charge in [-0.2, -0.15) is 0 Å². The van der Waals surface area contributed by atoms with Crippen LogP contribution >= 0.6 is 6.89 Å². The number of unbranched alkanes of at least 4 members (excludes halogenated alkanes) is 1. The Bertz CT molecular complexity index is 1960. The molecule has 9 nitrogen and oxygen atoms in total. The van der Waals surface area contributed by atoms with Crippen LogP contribution < -0.4 is 25.5 Å². The van der Waals surface area contributed by atoms with Crippen LogP contribution in [0.25, 0.3) is 10.8 Å². The molecule has 5 aromatic rings. The van der Waals surface area contributed by atoms with Crippen LogP contribution in [0, 0.1) is 0 Å². The van der Waals surface area contributed by atoms with Gasteiger partial charge in [0.2, 0.25) is 10.0 Å². The Balaban J connectivity index is 0.942. The number of nitrogens with one attached hydrogen (secondary N) is 1. The Morgan fingerprint density at radius 2 is 1.15 bits per heavy atom. The van der Waals surface area contributed by atoms with Crippen LogP contribution in [0.1, 0.15) is 19.3 Å². The fraction of sp³-hybridized carbons (Fsp3) is 0.302. The summed E-state index contributed by atoms with van der Waals surface area (Å²) in [5.41, 5.74) is 0.948. The molecule has 0 aliphatic carbocycles. The van der Waals surface area contributed by atoms with E-state index in [2.05, 4.69) is 83.3 Å². The molecule has 1 N–H and O–H groups in total. The van der Waals surface area contributed by atoms with Crippen LogP contribution in [-0.4, -0.2) is 87.1 Å². The van der Waals surface area contributed by atoms with Crippen molar-refractivity contribution in [2.45, 2.75) is 24.2 Å². The summed E-state index contributed by atoms with van der Waals surface area (Å²) >= 11 is 0. The van der Waals surface area contributed by atoms with Gasteiger partial charge in [0.1, 0.15) is 6.61 Å². The molecule has 54 heavy (non-hydrogen) atoms. The van der Waals surface area contributed by atoms with Gasteiger partial charge in [0, 0.05) is 43.5 Å². The third-order valence-electron chi connectivity index (χ3n) is 8.92. The smallest absolute Gasteiger partial charge is 0.305 e. The molecule has 0 heterocycles. The van der Waals surface area contributed by atoms with Crippen LogP contribution in [0.15, 0.2) is 132 Å². The van der Waals surface area contributed by atoms with Gasteiger partial charge in [-0.25, -0.2) is 13.1 Å². The van der Waals surface area contributed by atoms with Gasteiger partial charge in [-0.05, 0) is 53.6 Å². The summed E-state index contributed by atoms with van der Waals surface area (Å²) in [5.74, 6) is 2.00. The number of hydrogen-bond acceptors (Lipinski definition) is 8. The quantitative estimate of drug-likeness (QED) is 0.0540. The summed E-state index contributed by atoms with van der Waals surface area (Å²) in [6.07, 6.45) is 1.21. The molecule has 0 aromatic heterocycles. The van der Waals surface area contributed by atoms with Crippen LogP contribution in [-0.2, 0) is 33.8 Å². The molecule has 0 radical (unpaired) electrons. The number of esters is 1. The Kier molecular flexibility index (Phi) is 15.9. The maximum Gasteiger partial charge on any atom is 0.305 e. The standard InChI is InChI=1S/C43H51N2O7PS/c1-45(2)41-24-14-23-40-39(41)22-15-25-42(40)54(47,48)44-27-13-12-26-43(46)52-33-32-50-29-28-49-30-31-51-34-35-53(36-16-6-3-7-17-36,37-18-8-4-9-19-37)38-20-10-5-11-21-38/h3-11,14-25,35,44H,12-13,26-34H2,1-2H3.